The van der Waals surface area contributed by atoms with Gasteiger partial charge in [-0.2, -0.15) is 0 Å². The van der Waals surface area contributed by atoms with E-state index >= 15 is 0 Å². The number of nitrogen functional groups attached to an aromatic ring is 1. The summed E-state index contributed by atoms with van der Waals surface area (Å²) < 4.78 is 15.7. The lowest BCUT2D eigenvalue weighted by molar-refractivity contribution is 0.402. The molecule has 2 rings (SSSR count). The average molecular weight is 268 g/mol. The Morgan fingerprint density at radius 3 is 2.56 bits per heavy atom. The summed E-state index contributed by atoms with van der Waals surface area (Å²) in [6.45, 7) is 6.01. The monoisotopic (exact) mass is 267 g/mol. The van der Waals surface area contributed by atoms with Gasteiger partial charge in [0, 0.05) is 11.1 Å². The first-order valence-corrected chi connectivity index (χ1v) is 5.98. The van der Waals surface area contributed by atoms with Crippen molar-refractivity contribution in [1.82, 2.24) is 9.55 Å². The third kappa shape index (κ3) is 2.08. The normalized spacial score (nSPS) is 11.8. The number of aromatic nitrogens is 2. The predicted molar refractivity (Wildman–Crippen MR) is 72.0 cm³/mol. The predicted octanol–water partition coefficient (Wildman–Crippen LogP) is 3.68. The second-order valence-corrected chi connectivity index (χ2v) is 5.53. The van der Waals surface area contributed by atoms with Crippen LogP contribution in [0.3, 0.4) is 0 Å². The van der Waals surface area contributed by atoms with Crippen LogP contribution in [0.4, 0.5) is 10.2 Å². The van der Waals surface area contributed by atoms with Gasteiger partial charge in [0.2, 0.25) is 0 Å². The molecule has 2 aromatic rings. The molecule has 5 heteroatoms. The summed E-state index contributed by atoms with van der Waals surface area (Å²) in [5, 5.41) is 0.0669. The molecule has 0 saturated heterocycles. The highest BCUT2D eigenvalue weighted by atomic mass is 35.5. The number of nitrogens with zero attached hydrogens (tertiary/aromatic N) is 2. The molecule has 0 fully saturated rings. The fourth-order valence-electron chi connectivity index (χ4n) is 1.79. The van der Waals surface area contributed by atoms with Crippen molar-refractivity contribution in [1.29, 1.82) is 0 Å². The van der Waals surface area contributed by atoms with Crippen molar-refractivity contribution < 1.29 is 4.39 Å². The number of nitrogens with two attached hydrogens (primary N) is 1. The molecule has 0 aliphatic rings. The molecule has 0 bridgehead atoms. The number of hydrogen-bond acceptors (Lipinski definition) is 2. The van der Waals surface area contributed by atoms with Crippen LogP contribution in [0.15, 0.2) is 24.5 Å². The van der Waals surface area contributed by atoms with E-state index in [4.69, 9.17) is 17.3 Å². The second-order valence-electron chi connectivity index (χ2n) is 5.12. The fourth-order valence-corrected chi connectivity index (χ4v) is 1.96. The Morgan fingerprint density at radius 1 is 1.33 bits per heavy atom. The maximum atomic E-state index is 13.9. The van der Waals surface area contributed by atoms with Gasteiger partial charge in [0.05, 0.1) is 11.3 Å². The Hall–Kier alpha value is -1.55. The molecular formula is C13H15ClFN3. The highest BCUT2D eigenvalue weighted by molar-refractivity contribution is 6.31. The van der Waals surface area contributed by atoms with Gasteiger partial charge in [-0.05, 0) is 32.9 Å². The fraction of sp³-hybridized carbons (Fsp3) is 0.308. The van der Waals surface area contributed by atoms with E-state index < -0.39 is 5.82 Å². The minimum atomic E-state index is -0.495. The lowest BCUT2D eigenvalue weighted by Gasteiger charge is -2.22. The summed E-state index contributed by atoms with van der Waals surface area (Å²) in [5.74, 6) is -0.0614. The maximum absolute atomic E-state index is 13.9. The molecule has 1 aromatic heterocycles. The molecule has 2 N–H and O–H groups in total. The zero-order valence-corrected chi connectivity index (χ0v) is 11.3. The quantitative estimate of drug-likeness (QED) is 0.857. The molecule has 0 aliphatic carbocycles. The Labute approximate surface area is 110 Å². The van der Waals surface area contributed by atoms with Gasteiger partial charge in [-0.15, -0.1) is 0 Å². The van der Waals surface area contributed by atoms with Gasteiger partial charge in [-0.25, -0.2) is 9.37 Å². The van der Waals surface area contributed by atoms with Crippen molar-refractivity contribution in [2.24, 2.45) is 0 Å². The van der Waals surface area contributed by atoms with E-state index in [-0.39, 0.29) is 10.6 Å². The zero-order valence-electron chi connectivity index (χ0n) is 10.5. The molecule has 0 atom stereocenters. The molecule has 18 heavy (non-hydrogen) atoms. The highest BCUT2D eigenvalue weighted by Crippen LogP contribution is 2.32. The van der Waals surface area contributed by atoms with Gasteiger partial charge < -0.3 is 10.3 Å². The molecule has 3 nitrogen and oxygen atoms in total. The van der Waals surface area contributed by atoms with Crippen LogP contribution in [0.2, 0.25) is 5.02 Å². The summed E-state index contributed by atoms with van der Waals surface area (Å²) in [5.41, 5.74) is 6.57. The van der Waals surface area contributed by atoms with Gasteiger partial charge in [0.15, 0.2) is 5.82 Å². The van der Waals surface area contributed by atoms with E-state index in [1.54, 1.807) is 18.5 Å². The van der Waals surface area contributed by atoms with Crippen molar-refractivity contribution in [2.45, 2.75) is 26.3 Å². The summed E-state index contributed by atoms with van der Waals surface area (Å²) in [6, 6.07) is 4.79. The van der Waals surface area contributed by atoms with Crippen LogP contribution in [-0.2, 0) is 5.54 Å². The van der Waals surface area contributed by atoms with Gasteiger partial charge in [0.1, 0.15) is 11.5 Å². The van der Waals surface area contributed by atoms with Gasteiger partial charge in [-0.3, -0.25) is 0 Å². The Kier molecular flexibility index (Phi) is 3.07. The molecule has 96 valence electrons. The van der Waals surface area contributed by atoms with E-state index in [1.165, 1.54) is 6.07 Å². The minimum Gasteiger partial charge on any atom is -0.383 e. The smallest absolute Gasteiger partial charge is 0.151 e. The molecule has 0 saturated carbocycles. The maximum Gasteiger partial charge on any atom is 0.151 e. The topological polar surface area (TPSA) is 43.8 Å². The van der Waals surface area contributed by atoms with Gasteiger partial charge in [-0.1, -0.05) is 17.7 Å². The largest absolute Gasteiger partial charge is 0.383 e. The third-order valence-corrected chi connectivity index (χ3v) is 3.03. The van der Waals surface area contributed by atoms with Crippen LogP contribution in [0.1, 0.15) is 20.8 Å². The van der Waals surface area contributed by atoms with Crippen molar-refractivity contribution in [2.75, 3.05) is 5.73 Å². The van der Waals surface area contributed by atoms with Crippen molar-refractivity contribution in [3.63, 3.8) is 0 Å². The molecule has 0 aliphatic heterocycles. The number of hydrogen-bond donors (Lipinski definition) is 1. The summed E-state index contributed by atoms with van der Waals surface area (Å²) in [6.07, 6.45) is 1.62. The van der Waals surface area contributed by atoms with Crippen molar-refractivity contribution >= 4 is 17.4 Å². The van der Waals surface area contributed by atoms with Crippen LogP contribution in [-0.4, -0.2) is 9.55 Å². The molecular weight excluding hydrogens is 253 g/mol. The number of halogens is 2. The first-order valence-electron chi connectivity index (χ1n) is 5.60. The lowest BCUT2D eigenvalue weighted by atomic mass is 10.1. The van der Waals surface area contributed by atoms with E-state index in [0.29, 0.717) is 17.1 Å². The zero-order chi connectivity index (χ0) is 13.5. The van der Waals surface area contributed by atoms with E-state index in [9.17, 15) is 4.39 Å². The molecule has 1 heterocycles. The third-order valence-electron chi connectivity index (χ3n) is 2.73. The van der Waals surface area contributed by atoms with E-state index in [1.807, 2.05) is 25.3 Å². The molecule has 0 spiro atoms. The van der Waals surface area contributed by atoms with Crippen LogP contribution in [0.5, 0.6) is 0 Å². The number of rotatable bonds is 1. The van der Waals surface area contributed by atoms with Crippen LogP contribution >= 0.6 is 11.6 Å². The van der Waals surface area contributed by atoms with Crippen molar-refractivity contribution in [3.05, 3.63) is 35.4 Å². The first-order chi connectivity index (χ1) is 8.32. The van der Waals surface area contributed by atoms with E-state index in [0.717, 1.165) is 0 Å². The average Bonchev–Trinajstić information content (AvgIpc) is 2.64. The van der Waals surface area contributed by atoms with Crippen LogP contribution in [0.25, 0.3) is 11.3 Å². The Bertz CT molecular complexity index is 584. The van der Waals surface area contributed by atoms with E-state index in [2.05, 4.69) is 4.98 Å². The molecule has 1 aromatic carbocycles. The van der Waals surface area contributed by atoms with Gasteiger partial charge in [0.25, 0.3) is 0 Å². The summed E-state index contributed by atoms with van der Waals surface area (Å²) in [4.78, 5) is 4.19. The molecule has 0 unspecified atom stereocenters. The lowest BCUT2D eigenvalue weighted by Crippen LogP contribution is -2.22. The summed E-state index contributed by atoms with van der Waals surface area (Å²) in [7, 11) is 0. The Balaban J connectivity index is 2.60. The second kappa shape index (κ2) is 4.28. The van der Waals surface area contributed by atoms with Gasteiger partial charge >= 0.3 is 0 Å². The molecule has 0 radical (unpaired) electrons. The number of imidazole rings is 1. The van der Waals surface area contributed by atoms with Crippen LogP contribution in [0, 0.1) is 5.82 Å². The highest BCUT2D eigenvalue weighted by Gasteiger charge is 2.21. The standard InChI is InChI=1S/C13H15ClFN3/c1-13(2,3)18-7-17-11(12(18)16)8-5-4-6-9(14)10(8)15/h4-7H,16H2,1-3H3. The first kappa shape index (κ1) is 12.9. The number of anilines is 1. The van der Waals surface area contributed by atoms with Crippen LogP contribution < -0.4 is 5.73 Å². The molecule has 0 amide bonds. The summed E-state index contributed by atoms with van der Waals surface area (Å²) >= 11 is 5.76. The SMILES string of the molecule is CC(C)(C)n1cnc(-c2cccc(Cl)c2F)c1N. The Morgan fingerprint density at radius 2 is 2.00 bits per heavy atom. The van der Waals surface area contributed by atoms with Crippen molar-refractivity contribution in [3.8, 4) is 11.3 Å². The number of benzene rings is 1. The minimum absolute atomic E-state index is 0.0669.